The third-order valence-corrected chi connectivity index (χ3v) is 6.62. The lowest BCUT2D eigenvalue weighted by atomic mass is 10.1. The summed E-state index contributed by atoms with van der Waals surface area (Å²) in [4.78, 5) is 24.0. The highest BCUT2D eigenvalue weighted by Gasteiger charge is 2.15. The smallest absolute Gasteiger partial charge is 0.306 e. The van der Waals surface area contributed by atoms with Gasteiger partial charge in [0.15, 0.2) is 6.10 Å². The molecular weight excluding hydrogens is 500 g/mol. The second-order valence-corrected chi connectivity index (χ2v) is 10.5. The Hall–Kier alpha value is -2.14. The van der Waals surface area contributed by atoms with Crippen LogP contribution >= 0.6 is 0 Å². The van der Waals surface area contributed by atoms with E-state index in [1.807, 2.05) is 12.2 Å². The van der Waals surface area contributed by atoms with Gasteiger partial charge in [0, 0.05) is 12.8 Å². The molecule has 0 fully saturated rings. The first kappa shape index (κ1) is 37.9. The van der Waals surface area contributed by atoms with Crippen molar-refractivity contribution in [1.82, 2.24) is 0 Å². The van der Waals surface area contributed by atoms with Gasteiger partial charge >= 0.3 is 11.9 Å². The average molecular weight is 561 g/mol. The molecule has 1 unspecified atom stereocenters. The van der Waals surface area contributed by atoms with Gasteiger partial charge in [0.1, 0.15) is 6.61 Å². The van der Waals surface area contributed by atoms with E-state index in [4.69, 9.17) is 9.47 Å². The molecular formula is C35H60O5. The summed E-state index contributed by atoms with van der Waals surface area (Å²) >= 11 is 0. The van der Waals surface area contributed by atoms with Crippen LogP contribution in [0.4, 0.5) is 0 Å². The first-order chi connectivity index (χ1) is 19.6. The molecule has 0 aromatic carbocycles. The van der Waals surface area contributed by atoms with Crippen LogP contribution in [0, 0.1) is 0 Å². The van der Waals surface area contributed by atoms with Gasteiger partial charge in [0.05, 0.1) is 6.61 Å². The number of hydrogen-bond acceptors (Lipinski definition) is 5. The first-order valence-electron chi connectivity index (χ1n) is 16.2. The summed E-state index contributed by atoms with van der Waals surface area (Å²) in [5, 5.41) is 9.46. The van der Waals surface area contributed by atoms with Gasteiger partial charge in [-0.1, -0.05) is 127 Å². The Morgan fingerprint density at radius 3 is 1.48 bits per heavy atom. The van der Waals surface area contributed by atoms with Gasteiger partial charge in [0.2, 0.25) is 0 Å². The number of hydrogen-bond donors (Lipinski definition) is 1. The van der Waals surface area contributed by atoms with Gasteiger partial charge < -0.3 is 14.6 Å². The minimum atomic E-state index is -0.822. The molecule has 1 N–H and O–H groups in total. The molecule has 40 heavy (non-hydrogen) atoms. The summed E-state index contributed by atoms with van der Waals surface area (Å²) < 4.78 is 10.4. The molecule has 0 aliphatic carbocycles. The van der Waals surface area contributed by atoms with Crippen LogP contribution in [-0.2, 0) is 19.1 Å². The Bertz CT molecular complexity index is 692. The lowest BCUT2D eigenvalue weighted by Crippen LogP contribution is -2.28. The summed E-state index contributed by atoms with van der Waals surface area (Å²) in [5.41, 5.74) is 0. The number of carbonyl (C=O) groups is 2. The lowest BCUT2D eigenvalue weighted by Gasteiger charge is -2.15. The molecule has 0 spiro atoms. The van der Waals surface area contributed by atoms with Crippen molar-refractivity contribution < 1.29 is 24.2 Å². The van der Waals surface area contributed by atoms with Gasteiger partial charge in [-0.25, -0.2) is 0 Å². The number of carbonyl (C=O) groups excluding carboxylic acids is 2. The van der Waals surface area contributed by atoms with Crippen molar-refractivity contribution in [2.45, 2.75) is 148 Å². The monoisotopic (exact) mass is 560 g/mol. The van der Waals surface area contributed by atoms with Gasteiger partial charge in [-0.05, 0) is 51.4 Å². The van der Waals surface area contributed by atoms with E-state index < -0.39 is 12.1 Å². The van der Waals surface area contributed by atoms with Gasteiger partial charge in [0.25, 0.3) is 0 Å². The molecule has 0 aromatic heterocycles. The quantitative estimate of drug-likeness (QED) is 0.0586. The van der Waals surface area contributed by atoms with Crippen molar-refractivity contribution in [3.05, 3.63) is 48.6 Å². The third-order valence-electron chi connectivity index (χ3n) is 6.62. The molecule has 0 rings (SSSR count). The van der Waals surface area contributed by atoms with Crippen LogP contribution in [0.25, 0.3) is 0 Å². The zero-order valence-electron chi connectivity index (χ0n) is 25.8. The summed E-state index contributed by atoms with van der Waals surface area (Å²) in [6, 6.07) is 0. The van der Waals surface area contributed by atoms with E-state index in [0.717, 1.165) is 25.7 Å². The van der Waals surface area contributed by atoms with Crippen molar-refractivity contribution in [3.8, 4) is 0 Å². The van der Waals surface area contributed by atoms with Gasteiger partial charge in [-0.15, -0.1) is 0 Å². The summed E-state index contributed by atoms with van der Waals surface area (Å²) in [5.74, 6) is -0.754. The second kappa shape index (κ2) is 31.4. The molecule has 0 aliphatic rings. The van der Waals surface area contributed by atoms with Crippen LogP contribution in [0.3, 0.4) is 0 Å². The number of aliphatic hydroxyl groups is 1. The van der Waals surface area contributed by atoms with Crippen LogP contribution in [-0.4, -0.2) is 36.4 Å². The minimum Gasteiger partial charge on any atom is -0.462 e. The predicted octanol–water partition coefficient (Wildman–Crippen LogP) is 9.50. The van der Waals surface area contributed by atoms with E-state index in [0.29, 0.717) is 12.8 Å². The maximum atomic E-state index is 12.0. The third kappa shape index (κ3) is 28.9. The molecule has 0 saturated heterocycles. The topological polar surface area (TPSA) is 72.8 Å². The van der Waals surface area contributed by atoms with Crippen LogP contribution in [0.2, 0.25) is 0 Å². The van der Waals surface area contributed by atoms with Crippen molar-refractivity contribution in [3.63, 3.8) is 0 Å². The minimum absolute atomic E-state index is 0.120. The molecule has 1 atom stereocenters. The summed E-state index contributed by atoms with van der Waals surface area (Å²) in [7, 11) is 0. The summed E-state index contributed by atoms with van der Waals surface area (Å²) in [6.45, 7) is 3.99. The largest absolute Gasteiger partial charge is 0.462 e. The Kier molecular flexibility index (Phi) is 29.7. The molecule has 0 saturated carbocycles. The fourth-order valence-corrected chi connectivity index (χ4v) is 4.13. The number of rotatable bonds is 28. The summed E-state index contributed by atoms with van der Waals surface area (Å²) in [6.07, 6.45) is 37.6. The molecule has 0 radical (unpaired) electrons. The molecule has 0 aliphatic heterocycles. The Morgan fingerprint density at radius 1 is 0.575 bits per heavy atom. The van der Waals surface area contributed by atoms with Crippen LogP contribution in [0.1, 0.15) is 142 Å². The normalized spacial score (nSPS) is 12.8. The first-order valence-corrected chi connectivity index (χ1v) is 16.2. The van der Waals surface area contributed by atoms with E-state index in [-0.39, 0.29) is 32.0 Å². The molecule has 0 heterocycles. The molecule has 0 bridgehead atoms. The van der Waals surface area contributed by atoms with Crippen LogP contribution in [0.5, 0.6) is 0 Å². The Labute approximate surface area is 246 Å². The second-order valence-electron chi connectivity index (χ2n) is 10.5. The van der Waals surface area contributed by atoms with E-state index in [2.05, 4.69) is 50.3 Å². The van der Waals surface area contributed by atoms with Crippen molar-refractivity contribution in [1.29, 1.82) is 0 Å². The fraction of sp³-hybridized carbons (Fsp3) is 0.714. The van der Waals surface area contributed by atoms with Crippen molar-refractivity contribution in [2.24, 2.45) is 0 Å². The zero-order valence-corrected chi connectivity index (χ0v) is 25.8. The lowest BCUT2D eigenvalue weighted by molar-refractivity contribution is -0.161. The van der Waals surface area contributed by atoms with Crippen LogP contribution in [0.15, 0.2) is 48.6 Å². The molecule has 230 valence electrons. The van der Waals surface area contributed by atoms with E-state index in [1.165, 1.54) is 77.0 Å². The molecule has 5 nitrogen and oxygen atoms in total. The number of allylic oxidation sites excluding steroid dienone is 8. The van der Waals surface area contributed by atoms with Crippen LogP contribution < -0.4 is 0 Å². The van der Waals surface area contributed by atoms with E-state index in [1.54, 1.807) is 0 Å². The standard InChI is InChI=1S/C35H60O5/c1-3-5-7-9-11-13-15-17-19-21-23-25-27-29-34(37)39-32-33(31-36)40-35(38)30-28-26-24-22-20-18-16-14-12-10-8-6-4-2/h17-20,23-26,33,36H,3-16,21-22,27-32H2,1-2H3/b19-17+,20-18+,25-23+,26-24+. The number of esters is 2. The highest BCUT2D eigenvalue weighted by molar-refractivity contribution is 5.70. The Balaban J connectivity index is 3.78. The highest BCUT2D eigenvalue weighted by atomic mass is 16.6. The average Bonchev–Trinajstić information content (AvgIpc) is 2.96. The SMILES string of the molecule is CCCCCCCC/C=C/C/C=C/CCC(=O)OCC(CO)OC(=O)CC/C=C/C/C=C/CCCCCCCC. The number of aliphatic hydroxyl groups excluding tert-OH is 1. The highest BCUT2D eigenvalue weighted by Crippen LogP contribution is 2.09. The molecule has 0 aromatic rings. The van der Waals surface area contributed by atoms with Gasteiger partial charge in [-0.3, -0.25) is 9.59 Å². The van der Waals surface area contributed by atoms with Crippen molar-refractivity contribution >= 4 is 11.9 Å². The maximum Gasteiger partial charge on any atom is 0.306 e. The van der Waals surface area contributed by atoms with Gasteiger partial charge in [-0.2, -0.15) is 0 Å². The fourth-order valence-electron chi connectivity index (χ4n) is 4.13. The van der Waals surface area contributed by atoms with Crippen molar-refractivity contribution in [2.75, 3.05) is 13.2 Å². The predicted molar refractivity (Wildman–Crippen MR) is 168 cm³/mol. The number of unbranched alkanes of at least 4 members (excludes halogenated alkanes) is 12. The number of ether oxygens (including phenoxy) is 2. The maximum absolute atomic E-state index is 12.0. The molecule has 5 heteroatoms. The molecule has 0 amide bonds. The van der Waals surface area contributed by atoms with E-state index >= 15 is 0 Å². The zero-order chi connectivity index (χ0) is 29.4. The Morgan fingerprint density at radius 2 is 1.00 bits per heavy atom. The van der Waals surface area contributed by atoms with E-state index in [9.17, 15) is 14.7 Å².